The van der Waals surface area contributed by atoms with E-state index in [9.17, 15) is 8.78 Å². The van der Waals surface area contributed by atoms with Crippen LogP contribution in [0.4, 0.5) is 8.78 Å². The van der Waals surface area contributed by atoms with Gasteiger partial charge in [0.25, 0.3) is 0 Å². The second-order valence-corrected chi connectivity index (χ2v) is 5.91. The third-order valence-corrected chi connectivity index (χ3v) is 4.17. The normalized spacial score (nSPS) is 12.5. The molecular weight excluding hydrogens is 380 g/mol. The SMILES string of the molecule is NC(Cc1ccc(Br)cc1)c1ccc(F)c(F)c1Br. The highest BCUT2D eigenvalue weighted by atomic mass is 79.9. The van der Waals surface area contributed by atoms with Gasteiger partial charge in [0.05, 0.1) is 4.47 Å². The summed E-state index contributed by atoms with van der Waals surface area (Å²) in [7, 11) is 0. The Morgan fingerprint density at radius 3 is 2.26 bits per heavy atom. The van der Waals surface area contributed by atoms with Crippen LogP contribution in [0.2, 0.25) is 0 Å². The largest absolute Gasteiger partial charge is 0.324 e. The van der Waals surface area contributed by atoms with E-state index in [1.807, 2.05) is 24.3 Å². The van der Waals surface area contributed by atoms with Gasteiger partial charge in [-0.15, -0.1) is 0 Å². The lowest BCUT2D eigenvalue weighted by molar-refractivity contribution is 0.500. The highest BCUT2D eigenvalue weighted by Gasteiger charge is 2.16. The molecule has 19 heavy (non-hydrogen) atoms. The molecule has 2 aromatic rings. The fourth-order valence-corrected chi connectivity index (χ4v) is 2.69. The molecule has 0 aliphatic carbocycles. The van der Waals surface area contributed by atoms with E-state index in [1.165, 1.54) is 6.07 Å². The molecule has 0 saturated carbocycles. The fourth-order valence-electron chi connectivity index (χ4n) is 1.81. The van der Waals surface area contributed by atoms with Gasteiger partial charge in [-0.2, -0.15) is 0 Å². The molecule has 2 N–H and O–H groups in total. The minimum Gasteiger partial charge on any atom is -0.324 e. The van der Waals surface area contributed by atoms with Crippen LogP contribution < -0.4 is 5.73 Å². The Kier molecular flexibility index (Phi) is 4.71. The zero-order chi connectivity index (χ0) is 14.0. The van der Waals surface area contributed by atoms with Crippen LogP contribution in [-0.2, 0) is 6.42 Å². The van der Waals surface area contributed by atoms with Crippen LogP contribution in [0.25, 0.3) is 0 Å². The van der Waals surface area contributed by atoms with Gasteiger partial charge in [0.1, 0.15) is 0 Å². The summed E-state index contributed by atoms with van der Waals surface area (Å²) in [6.45, 7) is 0. The number of hydrogen-bond acceptors (Lipinski definition) is 1. The van der Waals surface area contributed by atoms with Crippen molar-refractivity contribution in [1.29, 1.82) is 0 Å². The van der Waals surface area contributed by atoms with E-state index < -0.39 is 17.7 Å². The topological polar surface area (TPSA) is 26.0 Å². The van der Waals surface area contributed by atoms with Gasteiger partial charge >= 0.3 is 0 Å². The first kappa shape index (κ1) is 14.6. The van der Waals surface area contributed by atoms with Crippen molar-refractivity contribution in [2.75, 3.05) is 0 Å². The van der Waals surface area contributed by atoms with Gasteiger partial charge in [-0.25, -0.2) is 8.78 Å². The summed E-state index contributed by atoms with van der Waals surface area (Å²) in [6, 6.07) is 9.92. The third-order valence-electron chi connectivity index (χ3n) is 2.83. The van der Waals surface area contributed by atoms with Gasteiger partial charge in [-0.1, -0.05) is 34.1 Å². The molecule has 100 valence electrons. The Bertz CT molecular complexity index is 585. The van der Waals surface area contributed by atoms with Crippen molar-refractivity contribution < 1.29 is 8.78 Å². The lowest BCUT2D eigenvalue weighted by atomic mass is 9.99. The van der Waals surface area contributed by atoms with E-state index >= 15 is 0 Å². The molecule has 0 bridgehead atoms. The van der Waals surface area contributed by atoms with Gasteiger partial charge in [0, 0.05) is 10.5 Å². The van der Waals surface area contributed by atoms with E-state index in [1.54, 1.807) is 0 Å². The highest BCUT2D eigenvalue weighted by Crippen LogP contribution is 2.28. The van der Waals surface area contributed by atoms with Crippen molar-refractivity contribution in [3.8, 4) is 0 Å². The lowest BCUT2D eigenvalue weighted by Crippen LogP contribution is -2.14. The standard InChI is InChI=1S/C14H11Br2F2N/c15-9-3-1-8(2-4-9)7-12(19)10-5-6-11(17)14(18)13(10)16/h1-6,12H,7,19H2. The Hall–Kier alpha value is -0.780. The number of benzene rings is 2. The van der Waals surface area contributed by atoms with Crippen LogP contribution in [0.5, 0.6) is 0 Å². The second-order valence-electron chi connectivity index (χ2n) is 4.20. The first-order chi connectivity index (χ1) is 8.99. The molecule has 0 saturated heterocycles. The molecule has 0 heterocycles. The van der Waals surface area contributed by atoms with Crippen molar-refractivity contribution in [3.05, 3.63) is 68.1 Å². The summed E-state index contributed by atoms with van der Waals surface area (Å²) in [6.07, 6.45) is 0.553. The van der Waals surface area contributed by atoms with Gasteiger partial charge in [0.15, 0.2) is 11.6 Å². The smallest absolute Gasteiger partial charge is 0.173 e. The predicted molar refractivity (Wildman–Crippen MR) is 78.8 cm³/mol. The number of hydrogen-bond donors (Lipinski definition) is 1. The van der Waals surface area contributed by atoms with Gasteiger partial charge in [-0.3, -0.25) is 0 Å². The molecule has 0 aliphatic heterocycles. The maximum atomic E-state index is 13.5. The Morgan fingerprint density at radius 2 is 1.63 bits per heavy atom. The first-order valence-corrected chi connectivity index (χ1v) is 7.21. The zero-order valence-corrected chi connectivity index (χ0v) is 13.0. The zero-order valence-electron chi connectivity index (χ0n) is 9.84. The van der Waals surface area contributed by atoms with Crippen LogP contribution in [0, 0.1) is 11.6 Å². The maximum absolute atomic E-state index is 13.5. The molecule has 0 radical (unpaired) electrons. The quantitative estimate of drug-likeness (QED) is 0.753. The summed E-state index contributed by atoms with van der Waals surface area (Å²) in [5, 5.41) is 0. The van der Waals surface area contributed by atoms with Gasteiger partial charge in [-0.05, 0) is 51.7 Å². The fraction of sp³-hybridized carbons (Fsp3) is 0.143. The number of halogens is 4. The molecule has 0 aromatic heterocycles. The number of nitrogens with two attached hydrogens (primary N) is 1. The van der Waals surface area contributed by atoms with E-state index in [0.717, 1.165) is 16.1 Å². The van der Waals surface area contributed by atoms with Crippen molar-refractivity contribution in [2.45, 2.75) is 12.5 Å². The van der Waals surface area contributed by atoms with E-state index in [-0.39, 0.29) is 4.47 Å². The third kappa shape index (κ3) is 3.41. The summed E-state index contributed by atoms with van der Waals surface area (Å²) >= 11 is 6.41. The van der Waals surface area contributed by atoms with Crippen molar-refractivity contribution in [2.24, 2.45) is 5.73 Å². The molecule has 0 amide bonds. The van der Waals surface area contributed by atoms with E-state index in [0.29, 0.717) is 12.0 Å². The molecular formula is C14H11Br2F2N. The molecule has 0 spiro atoms. The molecule has 2 rings (SSSR count). The van der Waals surface area contributed by atoms with Crippen molar-refractivity contribution in [3.63, 3.8) is 0 Å². The average Bonchev–Trinajstić information content (AvgIpc) is 2.39. The van der Waals surface area contributed by atoms with Crippen molar-refractivity contribution >= 4 is 31.9 Å². The minimum atomic E-state index is -0.899. The average molecular weight is 391 g/mol. The molecule has 1 nitrogen and oxygen atoms in total. The molecule has 0 aliphatic rings. The number of rotatable bonds is 3. The lowest BCUT2D eigenvalue weighted by Gasteiger charge is -2.14. The molecule has 5 heteroatoms. The van der Waals surface area contributed by atoms with Crippen LogP contribution in [-0.4, -0.2) is 0 Å². The summed E-state index contributed by atoms with van der Waals surface area (Å²) in [4.78, 5) is 0. The van der Waals surface area contributed by atoms with E-state index in [2.05, 4.69) is 31.9 Å². The second kappa shape index (κ2) is 6.11. The summed E-state index contributed by atoms with van der Waals surface area (Å²) in [5.74, 6) is -1.78. The summed E-state index contributed by atoms with van der Waals surface area (Å²) in [5.41, 5.74) is 7.65. The first-order valence-electron chi connectivity index (χ1n) is 5.62. The maximum Gasteiger partial charge on any atom is 0.173 e. The van der Waals surface area contributed by atoms with Crippen LogP contribution in [0.3, 0.4) is 0 Å². The molecule has 2 aromatic carbocycles. The van der Waals surface area contributed by atoms with Crippen LogP contribution >= 0.6 is 31.9 Å². The van der Waals surface area contributed by atoms with Crippen molar-refractivity contribution in [1.82, 2.24) is 0 Å². The predicted octanol–water partition coefficient (Wildman–Crippen LogP) is 4.73. The Balaban J connectivity index is 2.23. The van der Waals surface area contributed by atoms with Crippen LogP contribution in [0.1, 0.15) is 17.2 Å². The summed E-state index contributed by atoms with van der Waals surface area (Å²) < 4.78 is 27.6. The minimum absolute atomic E-state index is 0.0945. The molecule has 1 atom stereocenters. The van der Waals surface area contributed by atoms with Crippen LogP contribution in [0.15, 0.2) is 45.3 Å². The monoisotopic (exact) mass is 389 g/mol. The Morgan fingerprint density at radius 1 is 1.00 bits per heavy atom. The highest BCUT2D eigenvalue weighted by molar-refractivity contribution is 9.10. The van der Waals surface area contributed by atoms with Gasteiger partial charge < -0.3 is 5.73 Å². The molecule has 1 unspecified atom stereocenters. The van der Waals surface area contributed by atoms with Gasteiger partial charge in [0.2, 0.25) is 0 Å². The molecule has 0 fully saturated rings. The Labute approximate surface area is 127 Å². The van der Waals surface area contributed by atoms with E-state index in [4.69, 9.17) is 5.73 Å².